The number of hydrogen-bond acceptors (Lipinski definition) is 4. The summed E-state index contributed by atoms with van der Waals surface area (Å²) >= 11 is 0. The van der Waals surface area contributed by atoms with Crippen molar-refractivity contribution < 1.29 is 14.3 Å². The molecule has 0 heterocycles. The van der Waals surface area contributed by atoms with E-state index in [0.29, 0.717) is 42.4 Å². The fraction of sp³-hybridized carbons (Fsp3) is 0.273. The van der Waals surface area contributed by atoms with E-state index in [1.165, 1.54) is 0 Å². The third-order valence-corrected chi connectivity index (χ3v) is 4.13. The summed E-state index contributed by atoms with van der Waals surface area (Å²) in [6.07, 6.45) is 1.65. The van der Waals surface area contributed by atoms with E-state index in [1.807, 2.05) is 32.0 Å². The number of ether oxygens (including phenoxy) is 1. The second-order valence-corrected chi connectivity index (χ2v) is 6.06. The molecule has 2 aromatic rings. The summed E-state index contributed by atoms with van der Waals surface area (Å²) in [5.74, 6) is 0.351. The molecule has 0 aromatic heterocycles. The van der Waals surface area contributed by atoms with Crippen LogP contribution in [0.15, 0.2) is 61.2 Å². The molecule has 0 radical (unpaired) electrons. The summed E-state index contributed by atoms with van der Waals surface area (Å²) in [6, 6.07) is 14.4. The van der Waals surface area contributed by atoms with Gasteiger partial charge in [-0.1, -0.05) is 30.9 Å². The topological polar surface area (TPSA) is 70.7 Å². The number of rotatable bonds is 10. The lowest BCUT2D eigenvalue weighted by molar-refractivity contribution is -0.114. The highest BCUT2D eigenvalue weighted by atomic mass is 16.5. The van der Waals surface area contributed by atoms with E-state index in [-0.39, 0.29) is 18.4 Å². The van der Waals surface area contributed by atoms with Crippen LogP contribution in [0, 0.1) is 0 Å². The van der Waals surface area contributed by atoms with E-state index in [4.69, 9.17) is 4.74 Å². The fourth-order valence-corrected chi connectivity index (χ4v) is 2.68. The number of anilines is 2. The smallest absolute Gasteiger partial charge is 0.253 e. The Labute approximate surface area is 166 Å². The average Bonchev–Trinajstić information content (AvgIpc) is 2.72. The lowest BCUT2D eigenvalue weighted by atomic mass is 10.1. The van der Waals surface area contributed by atoms with Crippen LogP contribution in [0.1, 0.15) is 24.2 Å². The Morgan fingerprint density at radius 1 is 1.11 bits per heavy atom. The van der Waals surface area contributed by atoms with Gasteiger partial charge in [0.15, 0.2) is 0 Å². The summed E-state index contributed by atoms with van der Waals surface area (Å²) in [6.45, 7) is 9.26. The maximum absolute atomic E-state index is 12.5. The predicted molar refractivity (Wildman–Crippen MR) is 113 cm³/mol. The lowest BCUT2D eigenvalue weighted by Gasteiger charge is -2.19. The van der Waals surface area contributed by atoms with Crippen LogP contribution in [0.3, 0.4) is 0 Å². The molecule has 0 aliphatic heterocycles. The Morgan fingerprint density at radius 3 is 2.57 bits per heavy atom. The Kier molecular flexibility index (Phi) is 8.09. The van der Waals surface area contributed by atoms with Gasteiger partial charge in [-0.05, 0) is 44.2 Å². The van der Waals surface area contributed by atoms with Gasteiger partial charge >= 0.3 is 0 Å². The van der Waals surface area contributed by atoms with Gasteiger partial charge in [0.2, 0.25) is 5.91 Å². The molecule has 0 fully saturated rings. The van der Waals surface area contributed by atoms with Gasteiger partial charge in [-0.25, -0.2) is 0 Å². The summed E-state index contributed by atoms with van der Waals surface area (Å²) in [5.41, 5.74) is 1.91. The first-order chi connectivity index (χ1) is 13.6. The average molecular weight is 381 g/mol. The quantitative estimate of drug-likeness (QED) is 0.615. The number of para-hydroxylation sites is 2. The van der Waals surface area contributed by atoms with Gasteiger partial charge in [0.1, 0.15) is 12.4 Å². The van der Waals surface area contributed by atoms with Crippen LogP contribution in [0.25, 0.3) is 0 Å². The van der Waals surface area contributed by atoms with E-state index >= 15 is 0 Å². The van der Waals surface area contributed by atoms with Crippen molar-refractivity contribution in [3.63, 3.8) is 0 Å². The molecule has 6 heteroatoms. The minimum absolute atomic E-state index is 0.0219. The first-order valence-electron chi connectivity index (χ1n) is 9.34. The van der Waals surface area contributed by atoms with Crippen LogP contribution in [-0.4, -0.2) is 43.0 Å². The number of carbonyl (C=O) groups excluding carboxylic acids is 2. The molecule has 0 spiro atoms. The number of carbonyl (C=O) groups is 2. The zero-order valence-electron chi connectivity index (χ0n) is 16.4. The van der Waals surface area contributed by atoms with Crippen LogP contribution in [0.2, 0.25) is 0 Å². The number of benzene rings is 2. The summed E-state index contributed by atoms with van der Waals surface area (Å²) in [5, 5.41) is 5.89. The van der Waals surface area contributed by atoms with E-state index < -0.39 is 0 Å². The SMILES string of the molecule is C=CCOc1ccccc1NC(=O)CNc1cccc(C(=O)N(CC)CC)c1. The summed E-state index contributed by atoms with van der Waals surface area (Å²) in [4.78, 5) is 26.5. The number of nitrogens with zero attached hydrogens (tertiary/aromatic N) is 1. The summed E-state index contributed by atoms with van der Waals surface area (Å²) < 4.78 is 5.54. The molecule has 28 heavy (non-hydrogen) atoms. The molecular weight excluding hydrogens is 354 g/mol. The van der Waals surface area contributed by atoms with Crippen molar-refractivity contribution in [2.75, 3.05) is 36.9 Å². The van der Waals surface area contributed by atoms with Gasteiger partial charge in [-0.3, -0.25) is 9.59 Å². The maximum atomic E-state index is 12.5. The van der Waals surface area contributed by atoms with Gasteiger partial charge < -0.3 is 20.3 Å². The van der Waals surface area contributed by atoms with Gasteiger partial charge in [0, 0.05) is 24.3 Å². The predicted octanol–water partition coefficient (Wildman–Crippen LogP) is 3.78. The van der Waals surface area contributed by atoms with Crippen molar-refractivity contribution in [2.45, 2.75) is 13.8 Å². The lowest BCUT2D eigenvalue weighted by Crippen LogP contribution is -2.30. The molecule has 148 valence electrons. The highest BCUT2D eigenvalue weighted by Crippen LogP contribution is 2.23. The molecule has 0 atom stereocenters. The van der Waals surface area contributed by atoms with E-state index in [1.54, 1.807) is 41.3 Å². The Balaban J connectivity index is 1.97. The maximum Gasteiger partial charge on any atom is 0.253 e. The molecule has 0 aliphatic rings. The molecular formula is C22H27N3O3. The molecule has 2 aromatic carbocycles. The fourth-order valence-electron chi connectivity index (χ4n) is 2.68. The van der Waals surface area contributed by atoms with Crippen LogP contribution >= 0.6 is 0 Å². The molecule has 2 N–H and O–H groups in total. The van der Waals surface area contributed by atoms with Gasteiger partial charge in [-0.2, -0.15) is 0 Å². The van der Waals surface area contributed by atoms with Crippen LogP contribution in [0.4, 0.5) is 11.4 Å². The Bertz CT molecular complexity index is 816. The van der Waals surface area contributed by atoms with Crippen molar-refractivity contribution in [1.82, 2.24) is 4.90 Å². The van der Waals surface area contributed by atoms with Crippen molar-refractivity contribution in [3.05, 3.63) is 66.7 Å². The minimum atomic E-state index is -0.213. The van der Waals surface area contributed by atoms with Gasteiger partial charge in [0.25, 0.3) is 5.91 Å². The second kappa shape index (κ2) is 10.8. The summed E-state index contributed by atoms with van der Waals surface area (Å²) in [7, 11) is 0. The third kappa shape index (κ3) is 5.87. The van der Waals surface area contributed by atoms with Crippen molar-refractivity contribution >= 4 is 23.2 Å². The van der Waals surface area contributed by atoms with Crippen LogP contribution in [0.5, 0.6) is 5.75 Å². The van der Waals surface area contributed by atoms with Crippen molar-refractivity contribution in [2.24, 2.45) is 0 Å². The minimum Gasteiger partial charge on any atom is -0.487 e. The second-order valence-electron chi connectivity index (χ2n) is 6.06. The van der Waals surface area contributed by atoms with Gasteiger partial charge in [0.05, 0.1) is 12.2 Å². The van der Waals surface area contributed by atoms with Crippen LogP contribution < -0.4 is 15.4 Å². The van der Waals surface area contributed by atoms with E-state index in [9.17, 15) is 9.59 Å². The first kappa shape index (κ1) is 21.0. The standard InChI is InChI=1S/C22H27N3O3/c1-4-14-28-20-13-8-7-12-19(20)24-21(26)16-23-18-11-9-10-17(15-18)22(27)25(5-2)6-3/h4,7-13,15,23H,1,5-6,14,16H2,2-3H3,(H,24,26). The largest absolute Gasteiger partial charge is 0.487 e. The molecule has 0 bridgehead atoms. The zero-order valence-corrected chi connectivity index (χ0v) is 16.4. The molecule has 6 nitrogen and oxygen atoms in total. The normalized spacial score (nSPS) is 10.1. The first-order valence-corrected chi connectivity index (χ1v) is 9.34. The highest BCUT2D eigenvalue weighted by molar-refractivity contribution is 5.96. The van der Waals surface area contributed by atoms with Crippen molar-refractivity contribution in [3.8, 4) is 5.75 Å². The molecule has 0 saturated carbocycles. The Morgan fingerprint density at radius 2 is 1.86 bits per heavy atom. The molecule has 0 aliphatic carbocycles. The molecule has 0 unspecified atom stereocenters. The molecule has 2 rings (SSSR count). The number of nitrogens with one attached hydrogen (secondary N) is 2. The van der Waals surface area contributed by atoms with Crippen molar-refractivity contribution in [1.29, 1.82) is 0 Å². The Hall–Kier alpha value is -3.28. The highest BCUT2D eigenvalue weighted by Gasteiger charge is 2.13. The zero-order chi connectivity index (χ0) is 20.4. The van der Waals surface area contributed by atoms with E-state index in [2.05, 4.69) is 17.2 Å². The molecule has 0 saturated heterocycles. The number of amides is 2. The molecule has 2 amide bonds. The third-order valence-electron chi connectivity index (χ3n) is 4.13. The monoisotopic (exact) mass is 381 g/mol. The van der Waals surface area contributed by atoms with Gasteiger partial charge in [-0.15, -0.1) is 0 Å². The number of hydrogen-bond donors (Lipinski definition) is 2. The van der Waals surface area contributed by atoms with Crippen LogP contribution in [-0.2, 0) is 4.79 Å². The van der Waals surface area contributed by atoms with E-state index in [0.717, 1.165) is 0 Å².